The van der Waals surface area contributed by atoms with E-state index in [1.54, 1.807) is 0 Å². The molecule has 0 aliphatic heterocycles. The molecule has 0 aromatic heterocycles. The highest BCUT2D eigenvalue weighted by Crippen LogP contribution is 1.95. The summed E-state index contributed by atoms with van der Waals surface area (Å²) in [5.74, 6) is 0. The van der Waals surface area contributed by atoms with Crippen LogP contribution < -0.4 is 11.1 Å². The van der Waals surface area contributed by atoms with Crippen LogP contribution >= 0.6 is 0 Å². The summed E-state index contributed by atoms with van der Waals surface area (Å²) in [6.07, 6.45) is 3.65. The van der Waals surface area contributed by atoms with Gasteiger partial charge in [0.2, 0.25) is 0 Å². The molecule has 0 fully saturated rings. The van der Waals surface area contributed by atoms with E-state index >= 15 is 0 Å². The van der Waals surface area contributed by atoms with Gasteiger partial charge in [0.05, 0.1) is 0 Å². The van der Waals surface area contributed by atoms with Gasteiger partial charge in [-0.15, -0.1) is 0 Å². The average Bonchev–Trinajstić information content (AvgIpc) is 1.80. The second-order valence-corrected chi connectivity index (χ2v) is 2.58. The van der Waals surface area contributed by atoms with E-state index < -0.39 is 0 Å². The zero-order valence-corrected chi connectivity index (χ0v) is 6.48. The Hall–Kier alpha value is -0.0800. The highest BCUT2D eigenvalue weighted by atomic mass is 14.8. The molecule has 0 amide bonds. The van der Waals surface area contributed by atoms with Gasteiger partial charge in [-0.3, -0.25) is 0 Å². The van der Waals surface area contributed by atoms with E-state index in [4.69, 9.17) is 5.73 Å². The second kappa shape index (κ2) is 6.05. The first-order chi connectivity index (χ1) is 4.27. The zero-order valence-electron chi connectivity index (χ0n) is 6.48. The van der Waals surface area contributed by atoms with E-state index in [-0.39, 0.29) is 0 Å². The summed E-state index contributed by atoms with van der Waals surface area (Å²) in [4.78, 5) is 0. The van der Waals surface area contributed by atoms with E-state index in [1.165, 1.54) is 12.8 Å². The monoisotopic (exact) mass is 130 g/mol. The molecule has 2 heteroatoms. The van der Waals surface area contributed by atoms with Gasteiger partial charge in [0.25, 0.3) is 0 Å². The van der Waals surface area contributed by atoms with Crippen LogP contribution in [0.3, 0.4) is 0 Å². The quantitative estimate of drug-likeness (QED) is 0.538. The summed E-state index contributed by atoms with van der Waals surface area (Å²) in [5.41, 5.74) is 5.55. The molecule has 3 N–H and O–H groups in total. The van der Waals surface area contributed by atoms with Gasteiger partial charge in [-0.25, -0.2) is 0 Å². The molecule has 0 rings (SSSR count). The molecule has 0 spiro atoms. The predicted molar refractivity (Wildman–Crippen MR) is 41.4 cm³/mol. The van der Waals surface area contributed by atoms with Crippen LogP contribution in [0, 0.1) is 0 Å². The highest BCUT2D eigenvalue weighted by molar-refractivity contribution is 4.53. The molecule has 0 saturated carbocycles. The number of unbranched alkanes of at least 4 members (excludes halogenated alkanes) is 1. The van der Waals surface area contributed by atoms with Crippen molar-refractivity contribution in [3.8, 4) is 0 Å². The fourth-order valence-corrected chi connectivity index (χ4v) is 0.768. The molecule has 0 aromatic carbocycles. The van der Waals surface area contributed by atoms with Crippen molar-refractivity contribution in [2.45, 2.75) is 32.2 Å². The minimum absolute atomic E-state index is 0.377. The molecule has 0 bridgehead atoms. The van der Waals surface area contributed by atoms with Crippen LogP contribution in [-0.2, 0) is 0 Å². The van der Waals surface area contributed by atoms with Gasteiger partial charge < -0.3 is 11.1 Å². The molecule has 0 aliphatic rings. The molecule has 1 unspecified atom stereocenters. The maximum atomic E-state index is 5.55. The number of nitrogens with one attached hydrogen (secondary N) is 1. The van der Waals surface area contributed by atoms with Gasteiger partial charge in [-0.2, -0.15) is 0 Å². The van der Waals surface area contributed by atoms with Gasteiger partial charge in [0.1, 0.15) is 0 Å². The van der Waals surface area contributed by atoms with Gasteiger partial charge in [0, 0.05) is 6.04 Å². The van der Waals surface area contributed by atoms with E-state index in [0.29, 0.717) is 6.04 Å². The van der Waals surface area contributed by atoms with Crippen molar-refractivity contribution in [3.05, 3.63) is 0 Å². The van der Waals surface area contributed by atoms with E-state index in [2.05, 4.69) is 12.2 Å². The summed E-state index contributed by atoms with van der Waals surface area (Å²) in [5, 5.41) is 3.10. The Morgan fingerprint density at radius 1 is 1.44 bits per heavy atom. The molecule has 2 nitrogen and oxygen atoms in total. The SMILES string of the molecule is CNCCCCC(C)N. The lowest BCUT2D eigenvalue weighted by Gasteiger charge is -2.02. The van der Waals surface area contributed by atoms with Crippen LogP contribution in [0.5, 0.6) is 0 Å². The fraction of sp³-hybridized carbons (Fsp3) is 1.00. The van der Waals surface area contributed by atoms with Gasteiger partial charge in [-0.1, -0.05) is 6.42 Å². The van der Waals surface area contributed by atoms with E-state index in [0.717, 1.165) is 13.0 Å². The van der Waals surface area contributed by atoms with Crippen LogP contribution in [-0.4, -0.2) is 19.6 Å². The number of nitrogens with two attached hydrogens (primary N) is 1. The molecule has 56 valence electrons. The van der Waals surface area contributed by atoms with Crippen molar-refractivity contribution in [3.63, 3.8) is 0 Å². The first kappa shape index (κ1) is 8.92. The molecule has 0 aliphatic carbocycles. The van der Waals surface area contributed by atoms with Crippen LogP contribution in [0.4, 0.5) is 0 Å². The van der Waals surface area contributed by atoms with Crippen molar-refractivity contribution >= 4 is 0 Å². The molecular weight excluding hydrogens is 112 g/mol. The molecule has 0 heterocycles. The first-order valence-electron chi connectivity index (χ1n) is 3.67. The molecule has 9 heavy (non-hydrogen) atoms. The van der Waals surface area contributed by atoms with E-state index in [1.807, 2.05) is 7.05 Å². The third kappa shape index (κ3) is 7.92. The molecule has 0 radical (unpaired) electrons. The predicted octanol–water partition coefficient (Wildman–Crippen LogP) is 0.723. The third-order valence-electron chi connectivity index (χ3n) is 1.34. The Balaban J connectivity index is 2.75. The Labute approximate surface area is 57.8 Å². The zero-order chi connectivity index (χ0) is 7.11. The maximum Gasteiger partial charge on any atom is 0.00104 e. The standard InChI is InChI=1S/C7H18N2/c1-7(8)5-3-4-6-9-2/h7,9H,3-6,8H2,1-2H3. The maximum absolute atomic E-state index is 5.55. The third-order valence-corrected chi connectivity index (χ3v) is 1.34. The Morgan fingerprint density at radius 3 is 2.56 bits per heavy atom. The smallest absolute Gasteiger partial charge is 0.00104 e. The molecular formula is C7H18N2. The minimum atomic E-state index is 0.377. The van der Waals surface area contributed by atoms with E-state index in [9.17, 15) is 0 Å². The largest absolute Gasteiger partial charge is 0.328 e. The Kier molecular flexibility index (Phi) is 5.99. The molecule has 0 aromatic rings. The lowest BCUT2D eigenvalue weighted by molar-refractivity contribution is 0.583. The molecule has 1 atom stereocenters. The van der Waals surface area contributed by atoms with Crippen LogP contribution in [0.2, 0.25) is 0 Å². The fourth-order valence-electron chi connectivity index (χ4n) is 0.768. The van der Waals surface area contributed by atoms with Crippen molar-refractivity contribution in [2.24, 2.45) is 5.73 Å². The number of hydrogen-bond donors (Lipinski definition) is 2. The summed E-state index contributed by atoms with van der Waals surface area (Å²) < 4.78 is 0. The first-order valence-corrected chi connectivity index (χ1v) is 3.67. The average molecular weight is 130 g/mol. The van der Waals surface area contributed by atoms with Crippen molar-refractivity contribution in [1.82, 2.24) is 5.32 Å². The Morgan fingerprint density at radius 2 is 2.11 bits per heavy atom. The normalized spacial score (nSPS) is 13.7. The van der Waals surface area contributed by atoms with Crippen LogP contribution in [0.1, 0.15) is 26.2 Å². The summed E-state index contributed by atoms with van der Waals surface area (Å²) in [6, 6.07) is 0.377. The van der Waals surface area contributed by atoms with Crippen molar-refractivity contribution < 1.29 is 0 Å². The topological polar surface area (TPSA) is 38.0 Å². The Bertz CT molecular complexity index is 52.9. The van der Waals surface area contributed by atoms with Crippen molar-refractivity contribution in [2.75, 3.05) is 13.6 Å². The summed E-state index contributed by atoms with van der Waals surface area (Å²) in [6.45, 7) is 3.17. The van der Waals surface area contributed by atoms with Crippen LogP contribution in [0.15, 0.2) is 0 Å². The van der Waals surface area contributed by atoms with Crippen LogP contribution in [0.25, 0.3) is 0 Å². The lowest BCUT2D eigenvalue weighted by Crippen LogP contribution is -2.15. The summed E-state index contributed by atoms with van der Waals surface area (Å²) >= 11 is 0. The van der Waals surface area contributed by atoms with Gasteiger partial charge in [0.15, 0.2) is 0 Å². The number of rotatable bonds is 5. The summed E-state index contributed by atoms with van der Waals surface area (Å²) in [7, 11) is 1.98. The molecule has 0 saturated heterocycles. The second-order valence-electron chi connectivity index (χ2n) is 2.58. The van der Waals surface area contributed by atoms with Gasteiger partial charge in [-0.05, 0) is 33.4 Å². The highest BCUT2D eigenvalue weighted by Gasteiger charge is 1.91. The van der Waals surface area contributed by atoms with Crippen molar-refractivity contribution in [1.29, 1.82) is 0 Å². The minimum Gasteiger partial charge on any atom is -0.328 e. The lowest BCUT2D eigenvalue weighted by atomic mass is 10.1. The number of hydrogen-bond acceptors (Lipinski definition) is 2. The van der Waals surface area contributed by atoms with Gasteiger partial charge >= 0.3 is 0 Å².